The summed E-state index contributed by atoms with van der Waals surface area (Å²) < 4.78 is 5.55. The highest BCUT2D eigenvalue weighted by Crippen LogP contribution is 2.25. The molecule has 19 heavy (non-hydrogen) atoms. The molecule has 0 spiro atoms. The molecule has 1 saturated heterocycles. The van der Waals surface area contributed by atoms with Crippen LogP contribution in [-0.2, 0) is 4.74 Å². The number of rotatable bonds is 5. The standard InChI is InChI=1S/C16H34N2O/c1-8-13-11-17-14(15(2,3)4)12-18(13)10-9-16(5,6)19-7/h13-14,17H,8-12H2,1-7H3. The van der Waals surface area contributed by atoms with E-state index in [1.807, 2.05) is 7.11 Å². The van der Waals surface area contributed by atoms with Gasteiger partial charge in [-0.25, -0.2) is 0 Å². The van der Waals surface area contributed by atoms with Crippen LogP contribution >= 0.6 is 0 Å². The molecular formula is C16H34N2O. The van der Waals surface area contributed by atoms with Crippen molar-refractivity contribution in [3.8, 4) is 0 Å². The Morgan fingerprint density at radius 2 is 1.84 bits per heavy atom. The lowest BCUT2D eigenvalue weighted by atomic mass is 9.84. The van der Waals surface area contributed by atoms with Gasteiger partial charge in [0.05, 0.1) is 5.60 Å². The summed E-state index contributed by atoms with van der Waals surface area (Å²) in [5.74, 6) is 0. The minimum absolute atomic E-state index is 0.0135. The molecule has 0 radical (unpaired) electrons. The predicted molar refractivity (Wildman–Crippen MR) is 82.6 cm³/mol. The highest BCUT2D eigenvalue weighted by Gasteiger charge is 2.33. The Kier molecular flexibility index (Phi) is 5.84. The molecule has 0 aromatic carbocycles. The van der Waals surface area contributed by atoms with Crippen LogP contribution in [0.4, 0.5) is 0 Å². The molecule has 3 heteroatoms. The van der Waals surface area contributed by atoms with E-state index in [1.165, 1.54) is 6.42 Å². The zero-order chi connectivity index (χ0) is 14.7. The Bertz CT molecular complexity index is 270. The van der Waals surface area contributed by atoms with Gasteiger partial charge in [-0.1, -0.05) is 27.7 Å². The largest absolute Gasteiger partial charge is 0.379 e. The van der Waals surface area contributed by atoms with E-state index in [-0.39, 0.29) is 5.60 Å². The van der Waals surface area contributed by atoms with Crippen LogP contribution < -0.4 is 5.32 Å². The summed E-state index contributed by atoms with van der Waals surface area (Å²) >= 11 is 0. The first-order valence-corrected chi connectivity index (χ1v) is 7.72. The molecule has 2 unspecified atom stereocenters. The fourth-order valence-corrected chi connectivity index (χ4v) is 2.63. The van der Waals surface area contributed by atoms with Crippen molar-refractivity contribution >= 4 is 0 Å². The summed E-state index contributed by atoms with van der Waals surface area (Å²) in [4.78, 5) is 2.66. The number of hydrogen-bond donors (Lipinski definition) is 1. The molecule has 1 N–H and O–H groups in total. The quantitative estimate of drug-likeness (QED) is 0.831. The molecule has 0 aliphatic carbocycles. The van der Waals surface area contributed by atoms with Crippen molar-refractivity contribution in [1.29, 1.82) is 0 Å². The number of piperazine rings is 1. The Morgan fingerprint density at radius 3 is 2.32 bits per heavy atom. The first-order valence-electron chi connectivity index (χ1n) is 7.72. The lowest BCUT2D eigenvalue weighted by Crippen LogP contribution is -2.60. The predicted octanol–water partition coefficient (Wildman–Crippen LogP) is 2.90. The highest BCUT2D eigenvalue weighted by atomic mass is 16.5. The second-order valence-electron chi connectivity index (χ2n) is 7.60. The normalized spacial score (nSPS) is 26.7. The average Bonchev–Trinajstić information content (AvgIpc) is 2.35. The van der Waals surface area contributed by atoms with E-state index >= 15 is 0 Å². The van der Waals surface area contributed by atoms with E-state index in [2.05, 4.69) is 51.8 Å². The van der Waals surface area contributed by atoms with Gasteiger partial charge in [0.25, 0.3) is 0 Å². The Balaban J connectivity index is 2.60. The summed E-state index contributed by atoms with van der Waals surface area (Å²) in [7, 11) is 1.81. The molecule has 1 rings (SSSR count). The van der Waals surface area contributed by atoms with E-state index in [0.29, 0.717) is 17.5 Å². The van der Waals surface area contributed by atoms with Crippen molar-refractivity contribution in [1.82, 2.24) is 10.2 Å². The van der Waals surface area contributed by atoms with Crippen LogP contribution in [0, 0.1) is 5.41 Å². The topological polar surface area (TPSA) is 24.5 Å². The maximum atomic E-state index is 5.55. The summed E-state index contributed by atoms with van der Waals surface area (Å²) in [6.07, 6.45) is 2.31. The van der Waals surface area contributed by atoms with E-state index < -0.39 is 0 Å². The van der Waals surface area contributed by atoms with Gasteiger partial charge in [-0.2, -0.15) is 0 Å². The molecule has 1 aliphatic heterocycles. The van der Waals surface area contributed by atoms with Crippen molar-refractivity contribution < 1.29 is 4.74 Å². The molecular weight excluding hydrogens is 236 g/mol. The summed E-state index contributed by atoms with van der Waals surface area (Å²) in [5, 5.41) is 3.73. The zero-order valence-electron chi connectivity index (χ0n) is 14.0. The van der Waals surface area contributed by atoms with Gasteiger partial charge in [-0.3, -0.25) is 4.90 Å². The van der Waals surface area contributed by atoms with E-state index in [9.17, 15) is 0 Å². The van der Waals surface area contributed by atoms with Crippen LogP contribution in [0.3, 0.4) is 0 Å². The SMILES string of the molecule is CCC1CNC(C(C)(C)C)CN1CCC(C)(C)OC. The molecule has 1 aliphatic rings. The van der Waals surface area contributed by atoms with Crippen molar-refractivity contribution in [2.24, 2.45) is 5.41 Å². The molecule has 0 aromatic heterocycles. The van der Waals surface area contributed by atoms with Gasteiger partial charge in [0.15, 0.2) is 0 Å². The monoisotopic (exact) mass is 270 g/mol. The van der Waals surface area contributed by atoms with Gasteiger partial charge in [0.2, 0.25) is 0 Å². The fraction of sp³-hybridized carbons (Fsp3) is 1.00. The van der Waals surface area contributed by atoms with Crippen LogP contribution in [0.25, 0.3) is 0 Å². The molecule has 114 valence electrons. The lowest BCUT2D eigenvalue weighted by Gasteiger charge is -2.45. The Labute approximate surface area is 120 Å². The van der Waals surface area contributed by atoms with Crippen molar-refractivity contribution in [3.05, 3.63) is 0 Å². The third kappa shape index (κ3) is 5.05. The maximum absolute atomic E-state index is 5.55. The van der Waals surface area contributed by atoms with Gasteiger partial charge < -0.3 is 10.1 Å². The fourth-order valence-electron chi connectivity index (χ4n) is 2.63. The molecule has 0 aromatic rings. The zero-order valence-corrected chi connectivity index (χ0v) is 14.0. The minimum Gasteiger partial charge on any atom is -0.379 e. The second-order valence-corrected chi connectivity index (χ2v) is 7.60. The number of ether oxygens (including phenoxy) is 1. The Morgan fingerprint density at radius 1 is 1.21 bits per heavy atom. The van der Waals surface area contributed by atoms with Gasteiger partial charge in [-0.15, -0.1) is 0 Å². The lowest BCUT2D eigenvalue weighted by molar-refractivity contribution is -0.00415. The van der Waals surface area contributed by atoms with Crippen LogP contribution in [-0.4, -0.2) is 49.3 Å². The van der Waals surface area contributed by atoms with Gasteiger partial charge in [-0.05, 0) is 32.1 Å². The van der Waals surface area contributed by atoms with Gasteiger partial charge in [0.1, 0.15) is 0 Å². The molecule has 0 amide bonds. The highest BCUT2D eigenvalue weighted by molar-refractivity contribution is 4.92. The van der Waals surface area contributed by atoms with Crippen LogP contribution in [0.2, 0.25) is 0 Å². The van der Waals surface area contributed by atoms with E-state index in [4.69, 9.17) is 4.74 Å². The molecule has 0 saturated carbocycles. The smallest absolute Gasteiger partial charge is 0.0634 e. The molecule has 1 fully saturated rings. The molecule has 3 nitrogen and oxygen atoms in total. The van der Waals surface area contributed by atoms with Crippen LogP contribution in [0.5, 0.6) is 0 Å². The van der Waals surface area contributed by atoms with E-state index in [1.54, 1.807) is 0 Å². The summed E-state index contributed by atoms with van der Waals surface area (Å²) in [5.41, 5.74) is 0.314. The number of hydrogen-bond acceptors (Lipinski definition) is 3. The van der Waals surface area contributed by atoms with Crippen molar-refractivity contribution in [2.45, 2.75) is 72.1 Å². The molecule has 1 heterocycles. The van der Waals surface area contributed by atoms with E-state index in [0.717, 1.165) is 26.1 Å². The molecule has 2 atom stereocenters. The summed E-state index contributed by atoms with van der Waals surface area (Å²) in [6.45, 7) is 17.0. The van der Waals surface area contributed by atoms with Crippen molar-refractivity contribution in [3.63, 3.8) is 0 Å². The van der Waals surface area contributed by atoms with Crippen LogP contribution in [0.15, 0.2) is 0 Å². The first-order chi connectivity index (χ1) is 8.69. The summed E-state index contributed by atoms with van der Waals surface area (Å²) in [6, 6.07) is 1.26. The first kappa shape index (κ1) is 16.9. The van der Waals surface area contributed by atoms with Crippen LogP contribution in [0.1, 0.15) is 54.4 Å². The number of nitrogens with zero attached hydrogens (tertiary/aromatic N) is 1. The third-order valence-corrected chi connectivity index (χ3v) is 4.60. The molecule has 0 bridgehead atoms. The number of nitrogens with one attached hydrogen (secondary N) is 1. The Hall–Kier alpha value is -0.120. The number of methoxy groups -OCH3 is 1. The van der Waals surface area contributed by atoms with Gasteiger partial charge >= 0.3 is 0 Å². The third-order valence-electron chi connectivity index (χ3n) is 4.60. The van der Waals surface area contributed by atoms with Crippen molar-refractivity contribution in [2.75, 3.05) is 26.7 Å². The maximum Gasteiger partial charge on any atom is 0.0634 e. The average molecular weight is 270 g/mol. The van der Waals surface area contributed by atoms with Gasteiger partial charge in [0, 0.05) is 38.8 Å². The second kappa shape index (κ2) is 6.55. The minimum atomic E-state index is -0.0135.